The second-order valence-electron chi connectivity index (χ2n) is 5.64. The van der Waals surface area contributed by atoms with E-state index in [2.05, 4.69) is 10.3 Å². The van der Waals surface area contributed by atoms with Crippen molar-refractivity contribution in [3.05, 3.63) is 29.8 Å². The van der Waals surface area contributed by atoms with E-state index in [-0.39, 0.29) is 24.3 Å². The zero-order chi connectivity index (χ0) is 15.6. The number of amides is 2. The normalized spacial score (nSPS) is 22.6. The summed E-state index contributed by atoms with van der Waals surface area (Å²) in [6.07, 6.45) is 3.16. The molecule has 2 heterocycles. The van der Waals surface area contributed by atoms with Crippen molar-refractivity contribution in [3.8, 4) is 0 Å². The molecule has 0 aliphatic carbocycles. The van der Waals surface area contributed by atoms with E-state index in [0.29, 0.717) is 12.0 Å². The van der Waals surface area contributed by atoms with E-state index in [0.717, 1.165) is 6.20 Å². The summed E-state index contributed by atoms with van der Waals surface area (Å²) in [4.78, 5) is 30.1. The molecule has 0 spiro atoms. The summed E-state index contributed by atoms with van der Waals surface area (Å²) < 4.78 is 13.2. The van der Waals surface area contributed by atoms with Crippen LogP contribution in [-0.2, 0) is 16.1 Å². The summed E-state index contributed by atoms with van der Waals surface area (Å²) in [5.41, 5.74) is 0.582. The lowest BCUT2D eigenvalue weighted by molar-refractivity contribution is -0.152. The van der Waals surface area contributed by atoms with Gasteiger partial charge in [-0.25, -0.2) is 4.39 Å². The van der Waals surface area contributed by atoms with Crippen molar-refractivity contribution in [1.82, 2.24) is 15.2 Å². The highest BCUT2D eigenvalue weighted by Crippen LogP contribution is 2.21. The Morgan fingerprint density at radius 3 is 2.67 bits per heavy atom. The highest BCUT2D eigenvalue weighted by atomic mass is 19.1. The maximum atomic E-state index is 13.2. The van der Waals surface area contributed by atoms with Crippen LogP contribution in [-0.4, -0.2) is 33.8 Å². The molecular weight excluding hydrogens is 273 g/mol. The Bertz CT molecular complexity index is 547. The molecule has 1 saturated heterocycles. The number of rotatable bonds is 4. The summed E-state index contributed by atoms with van der Waals surface area (Å²) >= 11 is 0. The van der Waals surface area contributed by atoms with Gasteiger partial charge in [0.1, 0.15) is 17.9 Å². The Morgan fingerprint density at radius 2 is 2.10 bits per heavy atom. The molecule has 1 fully saturated rings. The quantitative estimate of drug-likeness (QED) is 0.914. The van der Waals surface area contributed by atoms with Crippen LogP contribution in [0.4, 0.5) is 4.39 Å². The third kappa shape index (κ3) is 3.20. The van der Waals surface area contributed by atoms with Crippen molar-refractivity contribution in [2.45, 2.75) is 45.8 Å². The van der Waals surface area contributed by atoms with Crippen LogP contribution in [0.1, 0.15) is 32.8 Å². The van der Waals surface area contributed by atoms with Crippen LogP contribution in [0.2, 0.25) is 0 Å². The monoisotopic (exact) mass is 293 g/mol. The standard InChI is InChI=1S/C15H20FN3O2/c1-4-12-15(21)19(13(9(2)3)14(20)18-12)8-10-5-11(16)7-17-6-10/h5-7,9,12-13H,4,8H2,1-3H3,(H,18,20). The molecule has 1 aromatic rings. The van der Waals surface area contributed by atoms with Crippen LogP contribution in [0, 0.1) is 11.7 Å². The second kappa shape index (κ2) is 6.20. The van der Waals surface area contributed by atoms with Crippen molar-refractivity contribution in [1.29, 1.82) is 0 Å². The van der Waals surface area contributed by atoms with Crippen LogP contribution in [0.3, 0.4) is 0 Å². The number of nitrogens with one attached hydrogen (secondary N) is 1. The van der Waals surface area contributed by atoms with E-state index >= 15 is 0 Å². The zero-order valence-electron chi connectivity index (χ0n) is 12.5. The number of carbonyl (C=O) groups excluding carboxylic acids is 2. The highest BCUT2D eigenvalue weighted by Gasteiger charge is 2.41. The Morgan fingerprint density at radius 1 is 1.38 bits per heavy atom. The van der Waals surface area contributed by atoms with Crippen molar-refractivity contribution in [2.24, 2.45) is 5.92 Å². The van der Waals surface area contributed by atoms with Gasteiger partial charge in [0.15, 0.2) is 0 Å². The van der Waals surface area contributed by atoms with Crippen molar-refractivity contribution in [3.63, 3.8) is 0 Å². The van der Waals surface area contributed by atoms with Gasteiger partial charge in [0.25, 0.3) is 0 Å². The lowest BCUT2D eigenvalue weighted by Gasteiger charge is -2.40. The second-order valence-corrected chi connectivity index (χ2v) is 5.64. The number of aromatic nitrogens is 1. The number of halogens is 1. The van der Waals surface area contributed by atoms with Crippen molar-refractivity contribution >= 4 is 11.8 Å². The number of nitrogens with zero attached hydrogens (tertiary/aromatic N) is 2. The van der Waals surface area contributed by atoms with Crippen LogP contribution >= 0.6 is 0 Å². The Balaban J connectivity index is 2.29. The van der Waals surface area contributed by atoms with Crippen LogP contribution in [0.25, 0.3) is 0 Å². The predicted molar refractivity (Wildman–Crippen MR) is 75.6 cm³/mol. The molecule has 0 radical (unpaired) electrons. The van der Waals surface area contributed by atoms with Crippen LogP contribution < -0.4 is 5.32 Å². The fourth-order valence-electron chi connectivity index (χ4n) is 2.65. The SMILES string of the molecule is CCC1NC(=O)C(C(C)C)N(Cc2cncc(F)c2)C1=O. The molecule has 2 atom stereocenters. The van der Waals surface area contributed by atoms with Crippen molar-refractivity contribution < 1.29 is 14.0 Å². The number of piperazine rings is 1. The molecule has 2 amide bonds. The van der Waals surface area contributed by atoms with Crippen LogP contribution in [0.15, 0.2) is 18.5 Å². The van der Waals surface area contributed by atoms with E-state index in [4.69, 9.17) is 0 Å². The molecule has 0 aromatic carbocycles. The maximum Gasteiger partial charge on any atom is 0.246 e. The molecule has 21 heavy (non-hydrogen) atoms. The smallest absolute Gasteiger partial charge is 0.246 e. The molecule has 0 saturated carbocycles. The van der Waals surface area contributed by atoms with Gasteiger partial charge in [-0.2, -0.15) is 0 Å². The topological polar surface area (TPSA) is 62.3 Å². The van der Waals surface area contributed by atoms with Gasteiger partial charge < -0.3 is 10.2 Å². The van der Waals surface area contributed by atoms with Gasteiger partial charge in [0, 0.05) is 12.7 Å². The summed E-state index contributed by atoms with van der Waals surface area (Å²) in [5.74, 6) is -0.747. The van der Waals surface area contributed by atoms with Gasteiger partial charge >= 0.3 is 0 Å². The van der Waals surface area contributed by atoms with E-state index in [1.807, 2.05) is 20.8 Å². The van der Waals surface area contributed by atoms with E-state index in [1.165, 1.54) is 17.2 Å². The van der Waals surface area contributed by atoms with Gasteiger partial charge in [-0.3, -0.25) is 14.6 Å². The fourth-order valence-corrected chi connectivity index (χ4v) is 2.65. The molecule has 0 bridgehead atoms. The first-order valence-corrected chi connectivity index (χ1v) is 7.14. The Hall–Kier alpha value is -1.98. The van der Waals surface area contributed by atoms with E-state index in [1.54, 1.807) is 0 Å². The van der Waals surface area contributed by atoms with Gasteiger partial charge in [-0.15, -0.1) is 0 Å². The van der Waals surface area contributed by atoms with E-state index in [9.17, 15) is 14.0 Å². The maximum absolute atomic E-state index is 13.2. The first kappa shape index (κ1) is 15.4. The minimum Gasteiger partial charge on any atom is -0.343 e. The average Bonchev–Trinajstić information content (AvgIpc) is 2.42. The molecule has 1 aromatic heterocycles. The molecule has 1 aliphatic heterocycles. The van der Waals surface area contributed by atoms with Gasteiger partial charge in [-0.05, 0) is 24.0 Å². The Labute approximate surface area is 123 Å². The van der Waals surface area contributed by atoms with Crippen molar-refractivity contribution in [2.75, 3.05) is 0 Å². The number of hydrogen-bond donors (Lipinski definition) is 1. The molecule has 1 N–H and O–H groups in total. The Kier molecular flexibility index (Phi) is 4.55. The lowest BCUT2D eigenvalue weighted by atomic mass is 9.95. The summed E-state index contributed by atoms with van der Waals surface area (Å²) in [6.45, 7) is 5.82. The van der Waals surface area contributed by atoms with E-state index < -0.39 is 17.9 Å². The summed E-state index contributed by atoms with van der Waals surface area (Å²) in [7, 11) is 0. The van der Waals surface area contributed by atoms with Crippen LogP contribution in [0.5, 0.6) is 0 Å². The zero-order valence-corrected chi connectivity index (χ0v) is 12.5. The molecular formula is C15H20FN3O2. The van der Waals surface area contributed by atoms with Gasteiger partial charge in [0.2, 0.25) is 11.8 Å². The third-order valence-electron chi connectivity index (χ3n) is 3.66. The predicted octanol–water partition coefficient (Wildman–Crippen LogP) is 1.48. The first-order valence-electron chi connectivity index (χ1n) is 7.14. The minimum absolute atomic E-state index is 0.0201. The van der Waals surface area contributed by atoms with Gasteiger partial charge in [0.05, 0.1) is 6.20 Å². The number of pyridine rings is 1. The molecule has 2 rings (SSSR count). The summed E-state index contributed by atoms with van der Waals surface area (Å²) in [5, 5.41) is 2.75. The highest BCUT2D eigenvalue weighted by molar-refractivity contribution is 5.97. The molecule has 114 valence electrons. The molecule has 6 heteroatoms. The largest absolute Gasteiger partial charge is 0.343 e. The third-order valence-corrected chi connectivity index (χ3v) is 3.66. The van der Waals surface area contributed by atoms with Gasteiger partial charge in [-0.1, -0.05) is 20.8 Å². The minimum atomic E-state index is -0.538. The fraction of sp³-hybridized carbons (Fsp3) is 0.533. The first-order chi connectivity index (χ1) is 9.93. The molecule has 1 aliphatic rings. The average molecular weight is 293 g/mol. The number of carbonyl (C=O) groups is 2. The summed E-state index contributed by atoms with van der Waals surface area (Å²) in [6, 6.07) is 0.295. The molecule has 2 unspecified atom stereocenters. The number of hydrogen-bond acceptors (Lipinski definition) is 3. The molecule has 5 nitrogen and oxygen atoms in total. The lowest BCUT2D eigenvalue weighted by Crippen LogP contribution is -2.64.